The molecule has 5 nitrogen and oxygen atoms in total. The van der Waals surface area contributed by atoms with Gasteiger partial charge in [0.05, 0.1) is 12.1 Å². The highest BCUT2D eigenvalue weighted by atomic mass is 16.6. The molecule has 144 valence electrons. The zero-order chi connectivity index (χ0) is 19.5. The fourth-order valence-electron chi connectivity index (χ4n) is 3.65. The maximum atomic E-state index is 12.3. The van der Waals surface area contributed by atoms with Crippen LogP contribution in [-0.4, -0.2) is 30.3 Å². The molecule has 1 fully saturated rings. The maximum absolute atomic E-state index is 12.3. The summed E-state index contributed by atoms with van der Waals surface area (Å²) in [5, 5.41) is 3.95. The lowest BCUT2D eigenvalue weighted by Gasteiger charge is -2.20. The fourth-order valence-corrected chi connectivity index (χ4v) is 3.65. The van der Waals surface area contributed by atoms with Gasteiger partial charge in [-0.2, -0.15) is 0 Å². The van der Waals surface area contributed by atoms with E-state index >= 15 is 0 Å². The van der Waals surface area contributed by atoms with Gasteiger partial charge in [0.15, 0.2) is 0 Å². The van der Waals surface area contributed by atoms with E-state index in [4.69, 9.17) is 4.74 Å². The van der Waals surface area contributed by atoms with Crippen molar-refractivity contribution in [1.82, 2.24) is 4.98 Å². The van der Waals surface area contributed by atoms with E-state index in [0.29, 0.717) is 12.5 Å². The van der Waals surface area contributed by atoms with E-state index < -0.39 is 6.09 Å². The number of aromatic nitrogens is 1. The Labute approximate surface area is 165 Å². The Balaban J connectivity index is 1.37. The molecule has 1 aromatic heterocycles. The van der Waals surface area contributed by atoms with Gasteiger partial charge in [0.1, 0.15) is 6.10 Å². The average molecular weight is 375 g/mol. The molecule has 3 aromatic rings. The summed E-state index contributed by atoms with van der Waals surface area (Å²) in [5.41, 5.74) is 4.12. The summed E-state index contributed by atoms with van der Waals surface area (Å²) < 4.78 is 5.65. The van der Waals surface area contributed by atoms with Crippen molar-refractivity contribution in [3.63, 3.8) is 0 Å². The smallest absolute Gasteiger partial charge is 0.411 e. The van der Waals surface area contributed by atoms with E-state index in [1.165, 1.54) is 5.56 Å². The predicted octanol–water partition coefficient (Wildman–Crippen LogP) is 5.19. The van der Waals surface area contributed by atoms with Crippen LogP contribution in [0.2, 0.25) is 0 Å². The van der Waals surface area contributed by atoms with E-state index in [1.54, 1.807) is 0 Å². The van der Waals surface area contributed by atoms with E-state index in [0.717, 1.165) is 35.2 Å². The molecular formula is C23H25N3O2. The second-order valence-electron chi connectivity index (χ2n) is 7.51. The van der Waals surface area contributed by atoms with Crippen LogP contribution in [0.15, 0.2) is 60.8 Å². The van der Waals surface area contributed by atoms with E-state index in [9.17, 15) is 4.79 Å². The highest BCUT2D eigenvalue weighted by Gasteiger charge is 2.27. The first-order chi connectivity index (χ1) is 13.6. The van der Waals surface area contributed by atoms with Gasteiger partial charge in [-0.3, -0.25) is 10.3 Å². The molecule has 0 saturated carbocycles. The number of hydrogen-bond donors (Lipinski definition) is 1. The Bertz CT molecular complexity index is 964. The highest BCUT2D eigenvalue weighted by Crippen LogP contribution is 2.29. The van der Waals surface area contributed by atoms with Crippen molar-refractivity contribution in [2.75, 3.05) is 23.3 Å². The van der Waals surface area contributed by atoms with Crippen molar-refractivity contribution in [3.05, 3.63) is 66.4 Å². The Morgan fingerprint density at radius 2 is 1.93 bits per heavy atom. The van der Waals surface area contributed by atoms with Crippen molar-refractivity contribution >= 4 is 28.4 Å². The summed E-state index contributed by atoms with van der Waals surface area (Å²) >= 11 is 0. The number of para-hydroxylation sites is 1. The summed E-state index contributed by atoms with van der Waals surface area (Å²) in [6.07, 6.45) is 2.13. The Morgan fingerprint density at radius 3 is 2.71 bits per heavy atom. The minimum atomic E-state index is -0.399. The zero-order valence-corrected chi connectivity index (χ0v) is 16.3. The number of fused-ring (bicyclic) bond motifs is 1. The van der Waals surface area contributed by atoms with Crippen LogP contribution < -0.4 is 10.2 Å². The number of carbonyl (C=O) groups is 1. The lowest BCUT2D eigenvalue weighted by Crippen LogP contribution is -2.26. The molecule has 1 saturated heterocycles. The summed E-state index contributed by atoms with van der Waals surface area (Å²) in [5.74, 6) is 0.467. The Kier molecular flexibility index (Phi) is 5.15. The normalized spacial score (nSPS) is 16.5. The molecule has 1 N–H and O–H groups in total. The van der Waals surface area contributed by atoms with Gasteiger partial charge in [-0.05, 0) is 35.7 Å². The van der Waals surface area contributed by atoms with Crippen LogP contribution >= 0.6 is 0 Å². The van der Waals surface area contributed by atoms with Crippen molar-refractivity contribution in [2.45, 2.75) is 32.3 Å². The molecule has 1 aliphatic heterocycles. The van der Waals surface area contributed by atoms with Gasteiger partial charge in [-0.15, -0.1) is 0 Å². The van der Waals surface area contributed by atoms with Crippen LogP contribution in [-0.2, 0) is 4.74 Å². The number of amides is 1. The molecule has 2 heterocycles. The molecule has 1 aliphatic rings. The standard InChI is InChI=1S/C23H25N3O2/c1-16(2)17-7-9-18(10-8-17)25-23(27)28-19-12-14-26(15-19)22-11-13-24-21-6-4-3-5-20(21)22/h3-11,13,16,19H,12,14-15H2,1-2H3,(H,25,27). The largest absolute Gasteiger partial charge is 0.444 e. The number of pyridine rings is 1. The first-order valence-electron chi connectivity index (χ1n) is 9.76. The molecule has 5 heteroatoms. The molecule has 1 amide bonds. The van der Waals surface area contributed by atoms with Crippen molar-refractivity contribution < 1.29 is 9.53 Å². The summed E-state index contributed by atoms with van der Waals surface area (Å²) in [4.78, 5) is 19.0. The third kappa shape index (κ3) is 3.93. The minimum Gasteiger partial charge on any atom is -0.444 e. The third-order valence-electron chi connectivity index (χ3n) is 5.21. The second-order valence-corrected chi connectivity index (χ2v) is 7.51. The van der Waals surface area contributed by atoms with Gasteiger partial charge in [0, 0.05) is 35.9 Å². The average Bonchev–Trinajstić information content (AvgIpc) is 3.16. The quantitative estimate of drug-likeness (QED) is 0.682. The minimum absolute atomic E-state index is 0.123. The zero-order valence-electron chi connectivity index (χ0n) is 16.3. The molecule has 1 atom stereocenters. The van der Waals surface area contributed by atoms with Gasteiger partial charge in [0.25, 0.3) is 0 Å². The molecule has 1 unspecified atom stereocenters. The summed E-state index contributed by atoms with van der Waals surface area (Å²) in [7, 11) is 0. The van der Waals surface area contributed by atoms with E-state index in [1.807, 2.05) is 54.7 Å². The first kappa shape index (κ1) is 18.3. The number of nitrogens with zero attached hydrogens (tertiary/aromatic N) is 2. The Hall–Kier alpha value is -3.08. The Morgan fingerprint density at radius 1 is 1.14 bits per heavy atom. The third-order valence-corrected chi connectivity index (χ3v) is 5.21. The van der Waals surface area contributed by atoms with E-state index in [-0.39, 0.29) is 6.10 Å². The number of benzene rings is 2. The van der Waals surface area contributed by atoms with Gasteiger partial charge in [-0.1, -0.05) is 44.2 Å². The van der Waals surface area contributed by atoms with Crippen molar-refractivity contribution in [2.24, 2.45) is 0 Å². The lowest BCUT2D eigenvalue weighted by molar-refractivity contribution is 0.122. The number of nitrogens with one attached hydrogen (secondary N) is 1. The highest BCUT2D eigenvalue weighted by molar-refractivity contribution is 5.91. The van der Waals surface area contributed by atoms with Gasteiger partial charge in [-0.25, -0.2) is 4.79 Å². The first-order valence-corrected chi connectivity index (χ1v) is 9.76. The molecule has 0 radical (unpaired) electrons. The topological polar surface area (TPSA) is 54.5 Å². The van der Waals surface area contributed by atoms with Crippen molar-refractivity contribution in [3.8, 4) is 0 Å². The predicted molar refractivity (Wildman–Crippen MR) is 113 cm³/mol. The molecule has 2 aromatic carbocycles. The van der Waals surface area contributed by atoms with Crippen LogP contribution in [0.3, 0.4) is 0 Å². The van der Waals surface area contributed by atoms with Crippen LogP contribution in [0.4, 0.5) is 16.2 Å². The number of anilines is 2. The van der Waals surface area contributed by atoms with Crippen LogP contribution in [0.25, 0.3) is 10.9 Å². The van der Waals surface area contributed by atoms with E-state index in [2.05, 4.69) is 35.1 Å². The van der Waals surface area contributed by atoms with Crippen molar-refractivity contribution in [1.29, 1.82) is 0 Å². The van der Waals surface area contributed by atoms with Gasteiger partial charge >= 0.3 is 6.09 Å². The molecular weight excluding hydrogens is 350 g/mol. The number of rotatable bonds is 4. The molecule has 0 bridgehead atoms. The number of ether oxygens (including phenoxy) is 1. The van der Waals surface area contributed by atoms with Gasteiger partial charge < -0.3 is 9.64 Å². The summed E-state index contributed by atoms with van der Waals surface area (Å²) in [6.45, 7) is 5.84. The lowest BCUT2D eigenvalue weighted by atomic mass is 10.0. The fraction of sp³-hybridized carbons (Fsp3) is 0.304. The summed E-state index contributed by atoms with van der Waals surface area (Å²) in [6, 6.07) is 18.0. The van der Waals surface area contributed by atoms with Crippen LogP contribution in [0, 0.1) is 0 Å². The van der Waals surface area contributed by atoms with Crippen LogP contribution in [0.1, 0.15) is 31.7 Å². The molecule has 28 heavy (non-hydrogen) atoms. The monoisotopic (exact) mass is 375 g/mol. The maximum Gasteiger partial charge on any atom is 0.411 e. The second kappa shape index (κ2) is 7.89. The molecule has 0 spiro atoms. The SMILES string of the molecule is CC(C)c1ccc(NC(=O)OC2CCN(c3ccnc4ccccc34)C2)cc1. The number of hydrogen-bond acceptors (Lipinski definition) is 4. The van der Waals surface area contributed by atoms with Crippen LogP contribution in [0.5, 0.6) is 0 Å². The molecule has 0 aliphatic carbocycles. The number of carbonyl (C=O) groups excluding carboxylic acids is 1. The van der Waals surface area contributed by atoms with Gasteiger partial charge in [0.2, 0.25) is 0 Å². The molecule has 4 rings (SSSR count).